The first kappa shape index (κ1) is 29.2. The lowest BCUT2D eigenvalue weighted by molar-refractivity contribution is -0.151. The van der Waals surface area contributed by atoms with Crippen LogP contribution in [-0.2, 0) is 19.2 Å². The molecule has 5 rings (SSSR count). The molecule has 0 aromatic carbocycles. The molecule has 0 radical (unpaired) electrons. The van der Waals surface area contributed by atoms with Gasteiger partial charge in [-0.25, -0.2) is 0 Å². The molecule has 0 aromatic heterocycles. The zero-order valence-corrected chi connectivity index (χ0v) is 24.6. The van der Waals surface area contributed by atoms with Gasteiger partial charge >= 0.3 is 0 Å². The largest absolute Gasteiger partial charge is 0.276 e. The van der Waals surface area contributed by atoms with Crippen LogP contribution in [0.25, 0.3) is 0 Å². The maximum absolute atomic E-state index is 13.7. The van der Waals surface area contributed by atoms with E-state index in [1.807, 2.05) is 45.9 Å². The Hall–Kier alpha value is -2.76. The zero-order chi connectivity index (χ0) is 28.9. The molecular weight excluding hydrogens is 488 g/mol. The van der Waals surface area contributed by atoms with Gasteiger partial charge in [-0.1, -0.05) is 50.3 Å². The van der Waals surface area contributed by atoms with Crippen LogP contribution < -0.4 is 0 Å². The molecule has 3 aliphatic carbocycles. The summed E-state index contributed by atoms with van der Waals surface area (Å²) >= 11 is 0. The molecule has 0 spiro atoms. The number of carbonyl (C=O) groups excluding carboxylic acids is 4. The summed E-state index contributed by atoms with van der Waals surface area (Å²) in [5, 5.41) is 0. The lowest BCUT2D eigenvalue weighted by Crippen LogP contribution is -2.57. The molecule has 0 N–H and O–H groups in total. The van der Waals surface area contributed by atoms with Crippen molar-refractivity contribution in [2.24, 2.45) is 47.3 Å². The molecule has 5 aliphatic rings. The predicted octanol–water partition coefficient (Wildman–Crippen LogP) is 5.71. The van der Waals surface area contributed by atoms with Crippen molar-refractivity contribution in [1.29, 1.82) is 0 Å². The number of hydrogen-bond donors (Lipinski definition) is 0. The van der Waals surface area contributed by atoms with E-state index in [1.165, 1.54) is 9.80 Å². The molecule has 2 saturated carbocycles. The van der Waals surface area contributed by atoms with Crippen molar-refractivity contribution in [2.75, 3.05) is 0 Å². The minimum Gasteiger partial charge on any atom is -0.276 e. The molecule has 0 aromatic rings. The van der Waals surface area contributed by atoms with Crippen molar-refractivity contribution < 1.29 is 19.2 Å². The molecule has 6 heteroatoms. The van der Waals surface area contributed by atoms with Crippen molar-refractivity contribution in [2.45, 2.75) is 84.7 Å². The highest BCUT2D eigenvalue weighted by Crippen LogP contribution is 2.55. The minimum absolute atomic E-state index is 0.0456. The third-order valence-corrected chi connectivity index (χ3v) is 9.64. The van der Waals surface area contributed by atoms with Crippen LogP contribution in [0, 0.1) is 47.3 Å². The van der Waals surface area contributed by atoms with Crippen LogP contribution >= 0.6 is 0 Å². The van der Waals surface area contributed by atoms with Crippen molar-refractivity contribution >= 4 is 23.6 Å². The molecule has 2 saturated heterocycles. The highest BCUT2D eigenvalue weighted by molar-refractivity contribution is 6.08. The highest BCUT2D eigenvalue weighted by Gasteiger charge is 2.64. The third-order valence-electron chi connectivity index (χ3n) is 9.64. The smallest absolute Gasteiger partial charge is 0.234 e. The van der Waals surface area contributed by atoms with E-state index in [-0.39, 0.29) is 71.0 Å². The number of allylic oxidation sites excluding steroid dienone is 6. The Morgan fingerprint density at radius 1 is 0.795 bits per heavy atom. The molecule has 2 bridgehead atoms. The molecule has 8 atom stereocenters. The van der Waals surface area contributed by atoms with Gasteiger partial charge in [0.15, 0.2) is 0 Å². The van der Waals surface area contributed by atoms with E-state index in [0.29, 0.717) is 6.42 Å². The molecule has 39 heavy (non-hydrogen) atoms. The SMILES string of the molecule is C=CC/C=C/C1CC(C)C2C(=O)N(C(C)(C)CC(C)(C)N3C(=O)C4C5C=CC(C5)C4C3=O)C(=O)C12.C=CCC. The predicted molar refractivity (Wildman–Crippen MR) is 153 cm³/mol. The van der Waals surface area contributed by atoms with Gasteiger partial charge in [0.25, 0.3) is 0 Å². The Bertz CT molecular complexity index is 1080. The van der Waals surface area contributed by atoms with E-state index < -0.39 is 11.1 Å². The molecule has 4 fully saturated rings. The summed E-state index contributed by atoms with van der Waals surface area (Å²) in [4.78, 5) is 57.2. The summed E-state index contributed by atoms with van der Waals surface area (Å²) in [6, 6.07) is 0. The minimum atomic E-state index is -0.827. The second kappa shape index (κ2) is 10.7. The normalized spacial score (nSPS) is 35.1. The quantitative estimate of drug-likeness (QED) is 0.295. The van der Waals surface area contributed by atoms with Crippen LogP contribution in [0.5, 0.6) is 0 Å². The standard InChI is InChI=1S/C29H38N2O4.C4H8/c1-7-8-9-10-17-13-16(2)20-21(17)25(33)30(24(20)32)28(3,4)15-29(5,6)31-26(34)22-18-11-12-19(14-18)23(22)27(31)35;1-3-4-2/h7,9-12,16-23H,1,8,13-15H2,2-6H3;3H,1,4H2,2H3/b10-9+;. The number of amides is 4. The maximum Gasteiger partial charge on any atom is 0.234 e. The Balaban J connectivity index is 0.000000826. The zero-order valence-electron chi connectivity index (χ0n) is 24.6. The van der Waals surface area contributed by atoms with Crippen molar-refractivity contribution in [1.82, 2.24) is 9.80 Å². The van der Waals surface area contributed by atoms with Crippen molar-refractivity contribution in [3.63, 3.8) is 0 Å². The third kappa shape index (κ3) is 4.78. The van der Waals surface area contributed by atoms with E-state index in [0.717, 1.165) is 25.7 Å². The number of likely N-dealkylation sites (tertiary alicyclic amines) is 2. The van der Waals surface area contributed by atoms with Gasteiger partial charge in [-0.2, -0.15) is 0 Å². The molecule has 4 amide bonds. The Kier molecular flexibility index (Phi) is 7.99. The Labute approximate surface area is 234 Å². The van der Waals surface area contributed by atoms with Gasteiger partial charge in [0.2, 0.25) is 23.6 Å². The molecule has 212 valence electrons. The fourth-order valence-corrected chi connectivity index (χ4v) is 8.34. The number of rotatable bonds is 8. The average Bonchev–Trinajstić information content (AvgIpc) is 3.63. The number of hydrogen-bond acceptors (Lipinski definition) is 4. The molecular formula is C33H46N2O4. The number of nitrogens with zero attached hydrogens (tertiary/aromatic N) is 2. The van der Waals surface area contributed by atoms with Crippen LogP contribution in [-0.4, -0.2) is 44.5 Å². The molecule has 2 aliphatic heterocycles. The van der Waals surface area contributed by atoms with Crippen molar-refractivity contribution in [3.8, 4) is 0 Å². The van der Waals surface area contributed by atoms with Gasteiger partial charge in [-0.3, -0.25) is 29.0 Å². The van der Waals surface area contributed by atoms with E-state index in [1.54, 1.807) is 0 Å². The van der Waals surface area contributed by atoms with E-state index >= 15 is 0 Å². The second-order valence-corrected chi connectivity index (χ2v) is 13.4. The summed E-state index contributed by atoms with van der Waals surface area (Å²) in [6.45, 7) is 18.9. The monoisotopic (exact) mass is 534 g/mol. The lowest BCUT2D eigenvalue weighted by Gasteiger charge is -2.44. The van der Waals surface area contributed by atoms with Gasteiger partial charge in [-0.15, -0.1) is 13.2 Å². The van der Waals surface area contributed by atoms with Crippen LogP contribution in [0.1, 0.15) is 73.6 Å². The fourth-order valence-electron chi connectivity index (χ4n) is 8.34. The van der Waals surface area contributed by atoms with Crippen molar-refractivity contribution in [3.05, 3.63) is 49.6 Å². The van der Waals surface area contributed by atoms with E-state index in [4.69, 9.17) is 0 Å². The molecule has 2 heterocycles. The molecule has 6 nitrogen and oxygen atoms in total. The Morgan fingerprint density at radius 2 is 1.26 bits per heavy atom. The summed E-state index contributed by atoms with van der Waals surface area (Å²) in [7, 11) is 0. The fraction of sp³-hybridized carbons (Fsp3) is 0.636. The maximum atomic E-state index is 13.7. The van der Waals surface area contributed by atoms with E-state index in [9.17, 15) is 19.2 Å². The first-order valence-electron chi connectivity index (χ1n) is 14.6. The second-order valence-electron chi connectivity index (χ2n) is 13.4. The number of fused-ring (bicyclic) bond motifs is 6. The van der Waals surface area contributed by atoms with Crippen LogP contribution in [0.4, 0.5) is 0 Å². The van der Waals surface area contributed by atoms with Crippen LogP contribution in [0.15, 0.2) is 49.6 Å². The Morgan fingerprint density at radius 3 is 1.72 bits per heavy atom. The summed E-state index contributed by atoms with van der Waals surface area (Å²) in [5.74, 6) is -1.05. The highest BCUT2D eigenvalue weighted by atomic mass is 16.2. The summed E-state index contributed by atoms with van der Waals surface area (Å²) < 4.78 is 0. The van der Waals surface area contributed by atoms with Crippen LogP contribution in [0.3, 0.4) is 0 Å². The summed E-state index contributed by atoms with van der Waals surface area (Å²) in [5.41, 5.74) is -1.64. The van der Waals surface area contributed by atoms with Gasteiger partial charge in [0.1, 0.15) is 0 Å². The van der Waals surface area contributed by atoms with Crippen LogP contribution in [0.2, 0.25) is 0 Å². The number of carbonyl (C=O) groups is 4. The average molecular weight is 535 g/mol. The van der Waals surface area contributed by atoms with Gasteiger partial charge in [-0.05, 0) is 83.5 Å². The lowest BCUT2D eigenvalue weighted by atomic mass is 9.83. The first-order chi connectivity index (χ1) is 18.3. The van der Waals surface area contributed by atoms with Gasteiger partial charge in [0.05, 0.1) is 23.7 Å². The number of imide groups is 2. The van der Waals surface area contributed by atoms with E-state index in [2.05, 4.69) is 45.2 Å². The topological polar surface area (TPSA) is 74.8 Å². The van der Waals surface area contributed by atoms with Gasteiger partial charge in [0, 0.05) is 11.1 Å². The molecule has 8 unspecified atom stereocenters. The summed E-state index contributed by atoms with van der Waals surface area (Å²) in [6.07, 6.45) is 15.9. The first-order valence-corrected chi connectivity index (χ1v) is 14.6. The van der Waals surface area contributed by atoms with Gasteiger partial charge < -0.3 is 0 Å².